The minimum absolute atomic E-state index is 0.273. The Kier molecular flexibility index (Phi) is 3.24. The van der Waals surface area contributed by atoms with Crippen LogP contribution in [0.5, 0.6) is 0 Å². The van der Waals surface area contributed by atoms with Crippen molar-refractivity contribution in [3.63, 3.8) is 0 Å². The molecule has 0 spiro atoms. The molecule has 14 heavy (non-hydrogen) atoms. The fourth-order valence-corrected chi connectivity index (χ4v) is 1.58. The molecular weight excluding hydrogens is 198 g/mol. The van der Waals surface area contributed by atoms with Gasteiger partial charge in [0.15, 0.2) is 0 Å². The Morgan fingerprint density at radius 1 is 1.64 bits per heavy atom. The molecule has 0 radical (unpaired) electrons. The fourth-order valence-electron chi connectivity index (χ4n) is 1.41. The van der Waals surface area contributed by atoms with Crippen molar-refractivity contribution in [2.45, 2.75) is 19.4 Å². The zero-order valence-corrected chi connectivity index (χ0v) is 8.75. The number of thiocarbonyl (C=S) groups is 1. The largest absolute Gasteiger partial charge is 0.388 e. The zero-order valence-electron chi connectivity index (χ0n) is 7.93. The van der Waals surface area contributed by atoms with Crippen molar-refractivity contribution in [1.29, 1.82) is 0 Å². The molecule has 0 aliphatic carbocycles. The normalized spacial score (nSPS) is 12.4. The van der Waals surface area contributed by atoms with E-state index in [9.17, 15) is 4.79 Å². The fraction of sp³-hybridized carbons (Fsp3) is 0.333. The average molecular weight is 211 g/mol. The van der Waals surface area contributed by atoms with Crippen molar-refractivity contribution >= 4 is 23.1 Å². The summed E-state index contributed by atoms with van der Waals surface area (Å²) in [6.45, 7) is 1.89. The predicted molar refractivity (Wildman–Crippen MR) is 58.8 cm³/mol. The van der Waals surface area contributed by atoms with E-state index in [0.717, 1.165) is 0 Å². The van der Waals surface area contributed by atoms with Crippen LogP contribution in [-0.2, 0) is 4.79 Å². The van der Waals surface area contributed by atoms with E-state index in [1.165, 1.54) is 0 Å². The molecule has 4 nitrogen and oxygen atoms in total. The van der Waals surface area contributed by atoms with Gasteiger partial charge in [0, 0.05) is 6.20 Å². The van der Waals surface area contributed by atoms with Crippen LogP contribution in [0.1, 0.15) is 25.1 Å². The van der Waals surface area contributed by atoms with Gasteiger partial charge in [-0.25, -0.2) is 0 Å². The first-order valence-electron chi connectivity index (χ1n) is 4.33. The third-order valence-corrected chi connectivity index (χ3v) is 2.29. The monoisotopic (exact) mass is 211 g/mol. The molecule has 1 atom stereocenters. The standard InChI is InChI=1S/C9H13N3OS/c1-2-6(8(10)13)12-5-3-4-7(12)9(11)14/h3-6H,2H2,1H3,(H2,10,13)(H2,11,14). The van der Waals surface area contributed by atoms with Crippen molar-refractivity contribution in [3.05, 3.63) is 24.0 Å². The Labute approximate surface area is 87.9 Å². The first kappa shape index (κ1) is 10.7. The third kappa shape index (κ3) is 1.93. The lowest BCUT2D eigenvalue weighted by Gasteiger charge is -2.16. The number of nitrogens with zero attached hydrogens (tertiary/aromatic N) is 1. The maximum atomic E-state index is 11.1. The van der Waals surface area contributed by atoms with Crippen LogP contribution in [-0.4, -0.2) is 15.5 Å². The lowest BCUT2D eigenvalue weighted by Crippen LogP contribution is -2.28. The summed E-state index contributed by atoms with van der Waals surface area (Å²) in [4.78, 5) is 11.4. The summed E-state index contributed by atoms with van der Waals surface area (Å²) in [6.07, 6.45) is 2.38. The molecule has 76 valence electrons. The van der Waals surface area contributed by atoms with Crippen LogP contribution in [0.3, 0.4) is 0 Å². The van der Waals surface area contributed by atoms with Crippen molar-refractivity contribution in [1.82, 2.24) is 4.57 Å². The van der Waals surface area contributed by atoms with Gasteiger partial charge in [0.25, 0.3) is 0 Å². The highest BCUT2D eigenvalue weighted by Gasteiger charge is 2.17. The highest BCUT2D eigenvalue weighted by atomic mass is 32.1. The molecular formula is C9H13N3OS. The summed E-state index contributed by atoms with van der Waals surface area (Å²) in [5.74, 6) is -0.374. The molecule has 0 aromatic carbocycles. The Balaban J connectivity index is 3.10. The van der Waals surface area contributed by atoms with Crippen LogP contribution < -0.4 is 11.5 Å². The molecule has 0 aliphatic heterocycles. The molecule has 0 saturated heterocycles. The van der Waals surface area contributed by atoms with Crippen LogP contribution in [0.25, 0.3) is 0 Å². The van der Waals surface area contributed by atoms with Gasteiger partial charge in [-0.2, -0.15) is 0 Å². The van der Waals surface area contributed by atoms with Gasteiger partial charge in [0.1, 0.15) is 11.0 Å². The molecule has 1 aromatic rings. The van der Waals surface area contributed by atoms with Crippen molar-refractivity contribution in [2.75, 3.05) is 0 Å². The summed E-state index contributed by atoms with van der Waals surface area (Å²) in [5.41, 5.74) is 11.4. The van der Waals surface area contributed by atoms with Gasteiger partial charge < -0.3 is 16.0 Å². The smallest absolute Gasteiger partial charge is 0.240 e. The van der Waals surface area contributed by atoms with Gasteiger partial charge in [0.2, 0.25) is 5.91 Å². The number of amides is 1. The minimum Gasteiger partial charge on any atom is -0.388 e. The number of primary amides is 1. The molecule has 1 heterocycles. The third-order valence-electron chi connectivity index (χ3n) is 2.08. The molecule has 1 aromatic heterocycles. The number of nitrogens with two attached hydrogens (primary N) is 2. The number of rotatable bonds is 4. The second kappa shape index (κ2) is 4.23. The maximum absolute atomic E-state index is 11.1. The van der Waals surface area contributed by atoms with Crippen molar-refractivity contribution in [2.24, 2.45) is 11.5 Å². The van der Waals surface area contributed by atoms with E-state index in [-0.39, 0.29) is 16.9 Å². The minimum atomic E-state index is -0.374. The van der Waals surface area contributed by atoms with Crippen LogP contribution in [0, 0.1) is 0 Å². The van der Waals surface area contributed by atoms with Gasteiger partial charge >= 0.3 is 0 Å². The summed E-state index contributed by atoms with van der Waals surface area (Å²) < 4.78 is 1.71. The first-order chi connectivity index (χ1) is 6.57. The van der Waals surface area contributed by atoms with Gasteiger partial charge in [-0.3, -0.25) is 4.79 Å². The van der Waals surface area contributed by atoms with E-state index >= 15 is 0 Å². The van der Waals surface area contributed by atoms with Gasteiger partial charge in [-0.15, -0.1) is 0 Å². The summed E-state index contributed by atoms with van der Waals surface area (Å²) in [5, 5.41) is 0. The average Bonchev–Trinajstić information content (AvgIpc) is 2.53. The highest BCUT2D eigenvalue weighted by molar-refractivity contribution is 7.80. The molecule has 1 rings (SSSR count). The number of carbonyl (C=O) groups excluding carboxylic acids is 1. The van der Waals surface area contributed by atoms with Crippen LogP contribution in [0.4, 0.5) is 0 Å². The van der Waals surface area contributed by atoms with Crippen LogP contribution >= 0.6 is 12.2 Å². The quantitative estimate of drug-likeness (QED) is 0.715. The molecule has 1 amide bonds. The molecule has 0 aliphatic rings. The Bertz CT molecular complexity index is 359. The molecule has 0 bridgehead atoms. The molecule has 4 N–H and O–H groups in total. The summed E-state index contributed by atoms with van der Waals surface area (Å²) in [7, 11) is 0. The second-order valence-corrected chi connectivity index (χ2v) is 3.43. The second-order valence-electron chi connectivity index (χ2n) is 2.99. The number of aromatic nitrogens is 1. The highest BCUT2D eigenvalue weighted by Crippen LogP contribution is 2.14. The molecule has 5 heteroatoms. The number of hydrogen-bond acceptors (Lipinski definition) is 2. The molecule has 0 saturated carbocycles. The van der Waals surface area contributed by atoms with Crippen LogP contribution in [0.15, 0.2) is 18.3 Å². The number of hydrogen-bond donors (Lipinski definition) is 2. The van der Waals surface area contributed by atoms with E-state index in [4.69, 9.17) is 23.7 Å². The lowest BCUT2D eigenvalue weighted by atomic mass is 10.2. The van der Waals surface area contributed by atoms with Gasteiger partial charge in [0.05, 0.1) is 5.69 Å². The Hall–Kier alpha value is -1.36. The number of carbonyl (C=O) groups is 1. The van der Waals surface area contributed by atoms with E-state index < -0.39 is 0 Å². The topological polar surface area (TPSA) is 74.0 Å². The van der Waals surface area contributed by atoms with Gasteiger partial charge in [-0.1, -0.05) is 19.1 Å². The molecule has 0 fully saturated rings. The van der Waals surface area contributed by atoms with E-state index in [1.807, 2.05) is 6.92 Å². The Morgan fingerprint density at radius 2 is 2.29 bits per heavy atom. The Morgan fingerprint density at radius 3 is 2.71 bits per heavy atom. The predicted octanol–water partition coefficient (Wildman–Crippen LogP) is 0.559. The van der Waals surface area contributed by atoms with Crippen molar-refractivity contribution < 1.29 is 4.79 Å². The first-order valence-corrected chi connectivity index (χ1v) is 4.74. The van der Waals surface area contributed by atoms with E-state index in [0.29, 0.717) is 12.1 Å². The van der Waals surface area contributed by atoms with Crippen LogP contribution in [0.2, 0.25) is 0 Å². The van der Waals surface area contributed by atoms with E-state index in [1.54, 1.807) is 22.9 Å². The van der Waals surface area contributed by atoms with E-state index in [2.05, 4.69) is 0 Å². The summed E-state index contributed by atoms with van der Waals surface area (Å²) >= 11 is 4.86. The summed E-state index contributed by atoms with van der Waals surface area (Å²) in [6, 6.07) is 3.19. The van der Waals surface area contributed by atoms with Crippen molar-refractivity contribution in [3.8, 4) is 0 Å². The van der Waals surface area contributed by atoms with Gasteiger partial charge in [-0.05, 0) is 18.6 Å². The SMILES string of the molecule is CCC(C(N)=O)n1cccc1C(N)=S. The zero-order chi connectivity index (χ0) is 10.7. The lowest BCUT2D eigenvalue weighted by molar-refractivity contribution is -0.121. The maximum Gasteiger partial charge on any atom is 0.240 e. The molecule has 1 unspecified atom stereocenters.